The lowest BCUT2D eigenvalue weighted by Gasteiger charge is -2.12. The number of aryl methyl sites for hydroxylation is 4. The zero-order valence-electron chi connectivity index (χ0n) is 28.3. The second-order valence-corrected chi connectivity index (χ2v) is 12.7. The van der Waals surface area contributed by atoms with Crippen molar-refractivity contribution in [2.45, 2.75) is 27.7 Å². The number of rotatable bonds is 9. The molecule has 6 aromatic rings. The van der Waals surface area contributed by atoms with Crippen molar-refractivity contribution in [3.8, 4) is 11.1 Å². The molecule has 0 aliphatic carbocycles. The third kappa shape index (κ3) is 8.75. The molecule has 234 valence electrons. The smallest absolute Gasteiger partial charge is 0.0105 e. The average molecular weight is 619 g/mol. The van der Waals surface area contributed by atoms with Gasteiger partial charge in [-0.25, -0.2) is 0 Å². The van der Waals surface area contributed by atoms with E-state index >= 15 is 0 Å². The molecule has 0 aromatic heterocycles. The summed E-state index contributed by atoms with van der Waals surface area (Å²) in [7, 11) is 0. The Balaban J connectivity index is 1.23. The molecule has 6 rings (SSSR count). The van der Waals surface area contributed by atoms with Gasteiger partial charge in [0.1, 0.15) is 0 Å². The van der Waals surface area contributed by atoms with Gasteiger partial charge in [0.15, 0.2) is 0 Å². The Bertz CT molecular complexity index is 2110. The first-order valence-corrected chi connectivity index (χ1v) is 16.7. The van der Waals surface area contributed by atoms with E-state index in [1.807, 2.05) is 0 Å². The zero-order chi connectivity index (χ0) is 33.3. The molecule has 0 N–H and O–H groups in total. The molecule has 0 bridgehead atoms. The lowest BCUT2D eigenvalue weighted by atomic mass is 9.92. The fraction of sp³-hybridized carbons (Fsp3) is 0.0833. The van der Waals surface area contributed by atoms with Crippen molar-refractivity contribution in [2.24, 2.45) is 0 Å². The summed E-state index contributed by atoms with van der Waals surface area (Å²) in [4.78, 5) is 0. The minimum Gasteiger partial charge on any atom is -0.0614 e. The third-order valence-electron chi connectivity index (χ3n) is 8.61. The van der Waals surface area contributed by atoms with Crippen LogP contribution in [0.2, 0.25) is 0 Å². The van der Waals surface area contributed by atoms with Crippen LogP contribution >= 0.6 is 0 Å². The SMILES string of the molecule is Cc1ccc(/C=C/c2ccc(/C=C/c3ccc(-c4cc(/C=C/c5cccc(C)c5)c(C)cc4/C=C/c4cccc(C)c4)cc3)cc2)cc1. The maximum atomic E-state index is 2.33. The highest BCUT2D eigenvalue weighted by Crippen LogP contribution is 2.31. The van der Waals surface area contributed by atoms with Gasteiger partial charge in [-0.3, -0.25) is 0 Å². The zero-order valence-corrected chi connectivity index (χ0v) is 28.3. The lowest BCUT2D eigenvalue weighted by molar-refractivity contribution is 1.42. The molecular weight excluding hydrogens is 577 g/mol. The molecule has 0 spiro atoms. The van der Waals surface area contributed by atoms with Crippen molar-refractivity contribution in [2.75, 3.05) is 0 Å². The van der Waals surface area contributed by atoms with Gasteiger partial charge in [0.25, 0.3) is 0 Å². The summed E-state index contributed by atoms with van der Waals surface area (Å²) in [5.41, 5.74) is 17.1. The summed E-state index contributed by atoms with van der Waals surface area (Å²) in [6.07, 6.45) is 17.6. The topological polar surface area (TPSA) is 0 Å². The Kier molecular flexibility index (Phi) is 10.2. The minimum absolute atomic E-state index is 1.17. The van der Waals surface area contributed by atoms with Gasteiger partial charge in [-0.2, -0.15) is 0 Å². The van der Waals surface area contributed by atoms with Gasteiger partial charge < -0.3 is 0 Å². The van der Waals surface area contributed by atoms with Crippen molar-refractivity contribution in [1.29, 1.82) is 0 Å². The van der Waals surface area contributed by atoms with E-state index in [-0.39, 0.29) is 0 Å². The second-order valence-electron chi connectivity index (χ2n) is 12.7. The van der Waals surface area contributed by atoms with Gasteiger partial charge >= 0.3 is 0 Å². The number of benzene rings is 6. The first-order chi connectivity index (χ1) is 23.4. The van der Waals surface area contributed by atoms with Crippen molar-refractivity contribution in [3.05, 3.63) is 200 Å². The van der Waals surface area contributed by atoms with Gasteiger partial charge in [0.2, 0.25) is 0 Å². The molecule has 0 fully saturated rings. The molecule has 0 heteroatoms. The predicted molar refractivity (Wildman–Crippen MR) is 212 cm³/mol. The van der Waals surface area contributed by atoms with Gasteiger partial charge in [-0.1, -0.05) is 193 Å². The Hall–Kier alpha value is -5.72. The summed E-state index contributed by atoms with van der Waals surface area (Å²) in [6.45, 7) is 8.59. The van der Waals surface area contributed by atoms with Crippen LogP contribution in [0.1, 0.15) is 66.8 Å². The Morgan fingerprint density at radius 3 is 1.21 bits per heavy atom. The maximum absolute atomic E-state index is 2.33. The third-order valence-corrected chi connectivity index (χ3v) is 8.61. The highest BCUT2D eigenvalue weighted by atomic mass is 14.1. The van der Waals surface area contributed by atoms with Gasteiger partial charge in [-0.05, 0) is 95.0 Å². The molecule has 6 aromatic carbocycles. The summed E-state index contributed by atoms with van der Waals surface area (Å²) >= 11 is 0. The number of hydrogen-bond donors (Lipinski definition) is 0. The van der Waals surface area contributed by atoms with Crippen molar-refractivity contribution in [3.63, 3.8) is 0 Å². The molecule has 0 atom stereocenters. The number of hydrogen-bond acceptors (Lipinski definition) is 0. The van der Waals surface area contributed by atoms with Crippen LogP contribution in [0.3, 0.4) is 0 Å². The average Bonchev–Trinajstić information content (AvgIpc) is 3.10. The van der Waals surface area contributed by atoms with Crippen LogP contribution in [0.5, 0.6) is 0 Å². The van der Waals surface area contributed by atoms with Gasteiger partial charge in [-0.15, -0.1) is 0 Å². The molecule has 0 saturated heterocycles. The molecule has 0 aliphatic heterocycles. The highest BCUT2D eigenvalue weighted by Gasteiger charge is 2.08. The molecule has 0 aliphatic rings. The largest absolute Gasteiger partial charge is 0.0614 e. The van der Waals surface area contributed by atoms with Crippen LogP contribution in [0.25, 0.3) is 59.7 Å². The molecule has 0 nitrogen and oxygen atoms in total. The monoisotopic (exact) mass is 618 g/mol. The highest BCUT2D eigenvalue weighted by molar-refractivity contribution is 5.85. The second kappa shape index (κ2) is 15.2. The van der Waals surface area contributed by atoms with E-state index in [1.54, 1.807) is 0 Å². The standard InChI is InChI=1S/C48H42/c1-35-11-13-39(14-12-35)15-16-40-17-19-41(20-18-40)21-22-42-23-27-45(28-24-42)48-34-46(29-25-43-9-5-7-36(2)31-43)38(4)33-47(48)30-26-44-10-6-8-37(3)32-44/h5-34H,1-4H3/b16-15+,22-21+,29-25+,30-26+. The molecule has 0 unspecified atom stereocenters. The first kappa shape index (κ1) is 32.2. The molecule has 0 radical (unpaired) electrons. The summed E-state index contributed by atoms with van der Waals surface area (Å²) in [5, 5.41) is 0. The van der Waals surface area contributed by atoms with Gasteiger partial charge in [0, 0.05) is 0 Å². The Labute approximate surface area is 286 Å². The van der Waals surface area contributed by atoms with E-state index in [0.717, 1.165) is 0 Å². The van der Waals surface area contributed by atoms with Crippen molar-refractivity contribution >= 4 is 48.6 Å². The molecule has 48 heavy (non-hydrogen) atoms. The van der Waals surface area contributed by atoms with E-state index in [9.17, 15) is 0 Å². The van der Waals surface area contributed by atoms with E-state index in [0.29, 0.717) is 0 Å². The van der Waals surface area contributed by atoms with Crippen LogP contribution in [0.4, 0.5) is 0 Å². The van der Waals surface area contributed by atoms with Crippen molar-refractivity contribution < 1.29 is 0 Å². The maximum Gasteiger partial charge on any atom is -0.0105 e. The molecule has 0 heterocycles. The van der Waals surface area contributed by atoms with Gasteiger partial charge in [0.05, 0.1) is 0 Å². The van der Waals surface area contributed by atoms with Crippen LogP contribution in [0.15, 0.2) is 133 Å². The van der Waals surface area contributed by atoms with Crippen molar-refractivity contribution in [1.82, 2.24) is 0 Å². The fourth-order valence-electron chi connectivity index (χ4n) is 5.79. The molecular formula is C48H42. The summed E-state index contributed by atoms with van der Waals surface area (Å²) in [6, 6.07) is 48.1. The normalized spacial score (nSPS) is 11.8. The lowest BCUT2D eigenvalue weighted by Crippen LogP contribution is -1.90. The Morgan fingerprint density at radius 2 is 0.729 bits per heavy atom. The van der Waals surface area contributed by atoms with Crippen LogP contribution in [0, 0.1) is 27.7 Å². The van der Waals surface area contributed by atoms with E-state index in [4.69, 9.17) is 0 Å². The van der Waals surface area contributed by atoms with Crippen LogP contribution in [-0.4, -0.2) is 0 Å². The molecule has 0 amide bonds. The quantitative estimate of drug-likeness (QED) is 0.141. The van der Waals surface area contributed by atoms with Crippen LogP contribution in [-0.2, 0) is 0 Å². The minimum atomic E-state index is 1.17. The predicted octanol–water partition coefficient (Wildman–Crippen LogP) is 13.3. The van der Waals surface area contributed by atoms with E-state index in [1.165, 1.54) is 77.9 Å². The van der Waals surface area contributed by atoms with Crippen LogP contribution < -0.4 is 0 Å². The van der Waals surface area contributed by atoms with E-state index < -0.39 is 0 Å². The summed E-state index contributed by atoms with van der Waals surface area (Å²) < 4.78 is 0. The molecule has 0 saturated carbocycles. The first-order valence-electron chi connectivity index (χ1n) is 16.7. The fourth-order valence-corrected chi connectivity index (χ4v) is 5.79. The van der Waals surface area contributed by atoms with E-state index in [2.05, 4.69) is 210 Å². The Morgan fingerprint density at radius 1 is 0.312 bits per heavy atom. The summed E-state index contributed by atoms with van der Waals surface area (Å²) in [5.74, 6) is 0.